The smallest absolute Gasteiger partial charge is 0.0741 e. The number of nitrogens with one attached hydrogen (secondary N) is 1. The maximum atomic E-state index is 6.16. The van der Waals surface area contributed by atoms with Crippen molar-refractivity contribution in [1.29, 1.82) is 0 Å². The minimum Gasteiger partial charge on any atom is -0.381 e. The Hall–Kier alpha value is -0.420. The molecular formula is C17H25NO2S. The quantitative estimate of drug-likeness (QED) is 0.908. The molecule has 2 aliphatic heterocycles. The van der Waals surface area contributed by atoms with E-state index in [1.54, 1.807) is 10.4 Å². The van der Waals surface area contributed by atoms with E-state index in [9.17, 15) is 0 Å². The zero-order valence-electron chi connectivity index (χ0n) is 12.6. The molecule has 2 fully saturated rings. The Balaban J connectivity index is 1.43. The molecule has 0 radical (unpaired) electrons. The average Bonchev–Trinajstić information content (AvgIpc) is 2.98. The first-order valence-electron chi connectivity index (χ1n) is 8.39. The molecule has 3 aliphatic rings. The maximum Gasteiger partial charge on any atom is 0.0741 e. The number of fused-ring (bicyclic) bond motifs is 1. The summed E-state index contributed by atoms with van der Waals surface area (Å²) in [5, 5.41) is 6.22. The lowest BCUT2D eigenvalue weighted by molar-refractivity contribution is -0.141. The van der Waals surface area contributed by atoms with Crippen molar-refractivity contribution in [3.05, 3.63) is 21.9 Å². The SMILES string of the molecule is c1cc2c(s1)CCCC2NC1CCOC2(CCOCC2)C1. The molecule has 1 N–H and O–H groups in total. The minimum atomic E-state index is 0.0975. The van der Waals surface area contributed by atoms with E-state index in [0.29, 0.717) is 12.1 Å². The lowest BCUT2D eigenvalue weighted by Gasteiger charge is -2.44. The van der Waals surface area contributed by atoms with Crippen molar-refractivity contribution in [1.82, 2.24) is 5.32 Å². The van der Waals surface area contributed by atoms with Crippen LogP contribution in [-0.4, -0.2) is 31.5 Å². The number of ether oxygens (including phenoxy) is 2. The summed E-state index contributed by atoms with van der Waals surface area (Å²) >= 11 is 1.93. The summed E-state index contributed by atoms with van der Waals surface area (Å²) in [6.45, 7) is 2.64. The van der Waals surface area contributed by atoms with Crippen molar-refractivity contribution >= 4 is 11.3 Å². The number of aryl methyl sites for hydroxylation is 1. The van der Waals surface area contributed by atoms with Gasteiger partial charge in [-0.25, -0.2) is 0 Å². The first-order chi connectivity index (χ1) is 10.3. The summed E-state index contributed by atoms with van der Waals surface area (Å²) in [5.74, 6) is 0. The number of hydrogen-bond donors (Lipinski definition) is 1. The normalized spacial score (nSPS) is 32.0. The van der Waals surface area contributed by atoms with E-state index in [-0.39, 0.29) is 5.60 Å². The molecule has 1 aliphatic carbocycles. The molecule has 0 amide bonds. The molecule has 3 heterocycles. The largest absolute Gasteiger partial charge is 0.381 e. The van der Waals surface area contributed by atoms with E-state index in [4.69, 9.17) is 9.47 Å². The molecule has 2 atom stereocenters. The highest BCUT2D eigenvalue weighted by Crippen LogP contribution is 2.37. The zero-order valence-corrected chi connectivity index (χ0v) is 13.4. The van der Waals surface area contributed by atoms with Crippen LogP contribution in [0, 0.1) is 0 Å². The van der Waals surface area contributed by atoms with E-state index in [0.717, 1.165) is 45.5 Å². The molecule has 1 spiro atoms. The van der Waals surface area contributed by atoms with Gasteiger partial charge in [0, 0.05) is 36.8 Å². The fraction of sp³-hybridized carbons (Fsp3) is 0.765. The highest BCUT2D eigenvalue weighted by Gasteiger charge is 2.39. The first-order valence-corrected chi connectivity index (χ1v) is 9.27. The van der Waals surface area contributed by atoms with Crippen LogP contribution >= 0.6 is 11.3 Å². The second-order valence-electron chi connectivity index (χ2n) is 6.74. The summed E-state index contributed by atoms with van der Waals surface area (Å²) in [7, 11) is 0. The standard InChI is InChI=1S/C17H25NO2S/c1-2-15(14-5-11-21-16(14)3-1)18-13-4-8-20-17(12-13)6-9-19-10-7-17/h5,11,13,15,18H,1-4,6-10,12H2. The van der Waals surface area contributed by atoms with Gasteiger partial charge in [0.1, 0.15) is 0 Å². The highest BCUT2D eigenvalue weighted by molar-refractivity contribution is 7.10. The third-order valence-electron chi connectivity index (χ3n) is 5.39. The first kappa shape index (κ1) is 14.2. The summed E-state index contributed by atoms with van der Waals surface area (Å²) in [4.78, 5) is 1.60. The van der Waals surface area contributed by atoms with Gasteiger partial charge in [0.2, 0.25) is 0 Å². The molecule has 1 aromatic heterocycles. The van der Waals surface area contributed by atoms with Crippen LogP contribution in [0.4, 0.5) is 0 Å². The summed E-state index contributed by atoms with van der Waals surface area (Å²) in [6, 6.07) is 3.51. The molecule has 2 unspecified atom stereocenters. The average molecular weight is 307 g/mol. The van der Waals surface area contributed by atoms with Crippen LogP contribution in [-0.2, 0) is 15.9 Å². The van der Waals surface area contributed by atoms with Gasteiger partial charge in [-0.15, -0.1) is 11.3 Å². The third-order valence-corrected chi connectivity index (χ3v) is 6.38. The number of rotatable bonds is 2. The number of thiophene rings is 1. The number of hydrogen-bond acceptors (Lipinski definition) is 4. The molecule has 2 saturated heterocycles. The van der Waals surface area contributed by atoms with Crippen molar-refractivity contribution < 1.29 is 9.47 Å². The predicted octanol–water partition coefficient (Wildman–Crippen LogP) is 3.44. The van der Waals surface area contributed by atoms with Crippen LogP contribution < -0.4 is 5.32 Å². The van der Waals surface area contributed by atoms with Crippen LogP contribution in [0.2, 0.25) is 0 Å². The lowest BCUT2D eigenvalue weighted by atomic mass is 9.83. The van der Waals surface area contributed by atoms with E-state index in [1.807, 2.05) is 11.3 Å². The monoisotopic (exact) mass is 307 g/mol. The maximum absolute atomic E-state index is 6.16. The van der Waals surface area contributed by atoms with Crippen molar-refractivity contribution in [2.24, 2.45) is 0 Å². The van der Waals surface area contributed by atoms with Crippen molar-refractivity contribution in [2.45, 2.75) is 62.6 Å². The topological polar surface area (TPSA) is 30.5 Å². The third kappa shape index (κ3) is 2.91. The molecular weight excluding hydrogens is 282 g/mol. The van der Waals surface area contributed by atoms with Gasteiger partial charge in [0.15, 0.2) is 0 Å². The van der Waals surface area contributed by atoms with E-state index in [1.165, 1.54) is 19.3 Å². The van der Waals surface area contributed by atoms with Gasteiger partial charge in [-0.05, 0) is 62.0 Å². The van der Waals surface area contributed by atoms with Crippen molar-refractivity contribution in [2.75, 3.05) is 19.8 Å². The Bertz CT molecular complexity index is 475. The molecule has 1 aromatic rings. The second-order valence-corrected chi connectivity index (χ2v) is 7.74. The minimum absolute atomic E-state index is 0.0975. The van der Waals surface area contributed by atoms with Gasteiger partial charge in [0.25, 0.3) is 0 Å². The van der Waals surface area contributed by atoms with Crippen molar-refractivity contribution in [3.8, 4) is 0 Å². The molecule has 0 aromatic carbocycles. The fourth-order valence-corrected chi connectivity index (χ4v) is 5.19. The van der Waals surface area contributed by atoms with Gasteiger partial charge in [-0.1, -0.05) is 0 Å². The van der Waals surface area contributed by atoms with Crippen LogP contribution in [0.5, 0.6) is 0 Å². The fourth-order valence-electron chi connectivity index (χ4n) is 4.21. The van der Waals surface area contributed by atoms with Crippen molar-refractivity contribution in [3.63, 3.8) is 0 Å². The molecule has 3 nitrogen and oxygen atoms in total. The Labute approximate surface area is 131 Å². The van der Waals surface area contributed by atoms with Gasteiger partial charge < -0.3 is 14.8 Å². The summed E-state index contributed by atoms with van der Waals surface area (Å²) in [6.07, 6.45) is 8.34. The van der Waals surface area contributed by atoms with Crippen LogP contribution in [0.1, 0.15) is 55.0 Å². The van der Waals surface area contributed by atoms with Gasteiger partial charge >= 0.3 is 0 Å². The lowest BCUT2D eigenvalue weighted by Crippen LogP contribution is -2.50. The van der Waals surface area contributed by atoms with Gasteiger partial charge in [-0.2, -0.15) is 0 Å². The second kappa shape index (κ2) is 5.99. The zero-order chi connectivity index (χ0) is 14.1. The van der Waals surface area contributed by atoms with Crippen LogP contribution in [0.25, 0.3) is 0 Å². The summed E-state index contributed by atoms with van der Waals surface area (Å²) < 4.78 is 11.7. The highest BCUT2D eigenvalue weighted by atomic mass is 32.1. The Morgan fingerprint density at radius 1 is 1.19 bits per heavy atom. The Kier molecular flexibility index (Phi) is 4.05. The van der Waals surface area contributed by atoms with E-state index < -0.39 is 0 Å². The Morgan fingerprint density at radius 2 is 2.10 bits per heavy atom. The molecule has 116 valence electrons. The van der Waals surface area contributed by atoms with Gasteiger partial charge in [-0.3, -0.25) is 0 Å². The summed E-state index contributed by atoms with van der Waals surface area (Å²) in [5.41, 5.74) is 1.67. The van der Waals surface area contributed by atoms with E-state index in [2.05, 4.69) is 16.8 Å². The van der Waals surface area contributed by atoms with Gasteiger partial charge in [0.05, 0.1) is 5.60 Å². The molecule has 4 rings (SSSR count). The molecule has 21 heavy (non-hydrogen) atoms. The predicted molar refractivity (Wildman–Crippen MR) is 84.9 cm³/mol. The molecule has 0 bridgehead atoms. The van der Waals surface area contributed by atoms with Crippen LogP contribution in [0.15, 0.2) is 11.4 Å². The molecule has 0 saturated carbocycles. The van der Waals surface area contributed by atoms with Crippen LogP contribution in [0.3, 0.4) is 0 Å². The Morgan fingerprint density at radius 3 is 3.00 bits per heavy atom. The van der Waals surface area contributed by atoms with E-state index >= 15 is 0 Å². The molecule has 4 heteroatoms.